The van der Waals surface area contributed by atoms with Crippen molar-refractivity contribution in [2.24, 2.45) is 0 Å². The number of fused-ring (bicyclic) bond motifs is 1. The molecule has 1 saturated heterocycles. The molecule has 0 bridgehead atoms. The fourth-order valence-electron chi connectivity index (χ4n) is 3.72. The predicted molar refractivity (Wildman–Crippen MR) is 132 cm³/mol. The number of benzene rings is 1. The maximum Gasteiger partial charge on any atom is 0.459 e. The minimum Gasteiger partial charge on any atom is -0.462 e. The molecule has 2 aromatic heterocycles. The number of ether oxygens (including phenoxy) is 2. The van der Waals surface area contributed by atoms with Crippen LogP contribution in [0.5, 0.6) is 5.75 Å². The van der Waals surface area contributed by atoms with Gasteiger partial charge in [-0.2, -0.15) is 5.09 Å². The summed E-state index contributed by atoms with van der Waals surface area (Å²) in [4.78, 5) is 20.3. The molecular weight excluding hydrogens is 530 g/mol. The Kier molecular flexibility index (Phi) is 8.47. The van der Waals surface area contributed by atoms with Crippen LogP contribution >= 0.6 is 19.3 Å². The number of hydrogen-bond donors (Lipinski definition) is 2. The Labute approximate surface area is 217 Å². The SMILES string of the molecule is CC(C)OC(=O)C(C)NP(=O)(OCC1OC(n2ccc3c(Cl)ncnc32)C(F)C1O)Oc1ccccc1. The van der Waals surface area contributed by atoms with Crippen molar-refractivity contribution in [3.8, 4) is 5.75 Å². The number of nitrogens with zero attached hydrogens (tertiary/aromatic N) is 3. The van der Waals surface area contributed by atoms with E-state index < -0.39 is 57.1 Å². The first kappa shape index (κ1) is 27.4. The van der Waals surface area contributed by atoms with Gasteiger partial charge in [-0.3, -0.25) is 9.32 Å². The lowest BCUT2D eigenvalue weighted by Crippen LogP contribution is -2.37. The fourth-order valence-corrected chi connectivity index (χ4v) is 5.41. The lowest BCUT2D eigenvalue weighted by Gasteiger charge is -2.25. The Balaban J connectivity index is 1.50. The highest BCUT2D eigenvalue weighted by atomic mass is 35.5. The van der Waals surface area contributed by atoms with Gasteiger partial charge in [0.15, 0.2) is 12.4 Å². The van der Waals surface area contributed by atoms with Gasteiger partial charge in [0.1, 0.15) is 41.1 Å². The molecule has 3 aromatic rings. The van der Waals surface area contributed by atoms with Crippen LogP contribution in [0.2, 0.25) is 5.15 Å². The Hall–Kier alpha value is -2.60. The van der Waals surface area contributed by atoms with E-state index in [0.717, 1.165) is 0 Å². The fraction of sp³-hybridized carbons (Fsp3) is 0.435. The summed E-state index contributed by atoms with van der Waals surface area (Å²) >= 11 is 6.08. The molecule has 37 heavy (non-hydrogen) atoms. The molecule has 2 N–H and O–H groups in total. The predicted octanol–water partition coefficient (Wildman–Crippen LogP) is 3.81. The van der Waals surface area contributed by atoms with Crippen LogP contribution in [-0.4, -0.2) is 62.7 Å². The number of nitrogens with one attached hydrogen (secondary N) is 1. The van der Waals surface area contributed by atoms with Gasteiger partial charge in [-0.05, 0) is 39.0 Å². The third kappa shape index (κ3) is 6.28. The maximum atomic E-state index is 15.1. The molecule has 1 aromatic carbocycles. The quantitative estimate of drug-likeness (QED) is 0.216. The third-order valence-corrected chi connectivity index (χ3v) is 7.41. The number of halogens is 2. The first-order chi connectivity index (χ1) is 17.6. The van der Waals surface area contributed by atoms with Crippen LogP contribution in [0.15, 0.2) is 48.9 Å². The van der Waals surface area contributed by atoms with E-state index in [-0.39, 0.29) is 10.9 Å². The summed E-state index contributed by atoms with van der Waals surface area (Å²) in [5.74, 6) is -0.469. The van der Waals surface area contributed by atoms with E-state index in [2.05, 4.69) is 15.1 Å². The van der Waals surface area contributed by atoms with E-state index in [1.54, 1.807) is 50.2 Å². The van der Waals surface area contributed by atoms with E-state index in [9.17, 15) is 14.5 Å². The minimum absolute atomic E-state index is 0.188. The summed E-state index contributed by atoms with van der Waals surface area (Å²) in [5, 5.41) is 13.7. The molecule has 0 amide bonds. The molecule has 1 fully saturated rings. The van der Waals surface area contributed by atoms with Gasteiger partial charge in [-0.15, -0.1) is 0 Å². The van der Waals surface area contributed by atoms with E-state index in [1.165, 1.54) is 24.0 Å². The zero-order valence-electron chi connectivity index (χ0n) is 20.2. The first-order valence-electron chi connectivity index (χ1n) is 11.5. The number of esters is 1. The van der Waals surface area contributed by atoms with Crippen molar-refractivity contribution in [2.45, 2.75) is 57.5 Å². The molecule has 0 saturated carbocycles. The smallest absolute Gasteiger partial charge is 0.459 e. The summed E-state index contributed by atoms with van der Waals surface area (Å²) in [7, 11) is -4.23. The van der Waals surface area contributed by atoms with Crippen molar-refractivity contribution in [1.29, 1.82) is 0 Å². The molecule has 14 heteroatoms. The average molecular weight is 557 g/mol. The maximum absolute atomic E-state index is 15.1. The Bertz CT molecular complexity index is 1280. The molecule has 6 atom stereocenters. The molecule has 0 aliphatic carbocycles. The number of aliphatic hydroxyl groups is 1. The molecule has 200 valence electrons. The van der Waals surface area contributed by atoms with Crippen LogP contribution in [0, 0.1) is 0 Å². The Morgan fingerprint density at radius 3 is 2.70 bits per heavy atom. The molecule has 1 aliphatic rings. The monoisotopic (exact) mass is 556 g/mol. The number of aliphatic hydroxyl groups excluding tert-OH is 1. The first-order valence-corrected chi connectivity index (χ1v) is 13.4. The van der Waals surface area contributed by atoms with Crippen molar-refractivity contribution in [3.63, 3.8) is 0 Å². The lowest BCUT2D eigenvalue weighted by molar-refractivity contribution is -0.149. The number of alkyl halides is 1. The van der Waals surface area contributed by atoms with Crippen LogP contribution in [-0.2, 0) is 23.4 Å². The summed E-state index contributed by atoms with van der Waals surface area (Å²) in [6, 6.07) is 8.70. The molecule has 11 nitrogen and oxygen atoms in total. The number of aromatic nitrogens is 3. The summed E-state index contributed by atoms with van der Waals surface area (Å²) in [5.41, 5.74) is 0.318. The van der Waals surface area contributed by atoms with Crippen LogP contribution in [0.3, 0.4) is 0 Å². The van der Waals surface area contributed by atoms with E-state index in [0.29, 0.717) is 11.0 Å². The Morgan fingerprint density at radius 1 is 1.27 bits per heavy atom. The van der Waals surface area contributed by atoms with E-state index in [1.807, 2.05) is 0 Å². The van der Waals surface area contributed by atoms with E-state index >= 15 is 4.39 Å². The molecule has 4 rings (SSSR count). The number of carbonyl (C=O) groups is 1. The van der Waals surface area contributed by atoms with Crippen molar-refractivity contribution in [2.75, 3.05) is 6.61 Å². The number of hydrogen-bond acceptors (Lipinski definition) is 9. The topological polar surface area (TPSA) is 134 Å². The molecule has 6 unspecified atom stereocenters. The lowest BCUT2D eigenvalue weighted by atomic mass is 10.1. The van der Waals surface area contributed by atoms with Gasteiger partial charge >= 0.3 is 13.7 Å². The highest BCUT2D eigenvalue weighted by molar-refractivity contribution is 7.52. The van der Waals surface area contributed by atoms with E-state index in [4.69, 9.17) is 30.1 Å². The van der Waals surface area contributed by atoms with Gasteiger partial charge in [-0.25, -0.2) is 18.9 Å². The highest BCUT2D eigenvalue weighted by Gasteiger charge is 2.47. The largest absolute Gasteiger partial charge is 0.462 e. The molecular formula is C23H27ClFN4O7P. The summed E-state index contributed by atoms with van der Waals surface area (Å²) < 4.78 is 52.1. The van der Waals surface area contributed by atoms with Gasteiger partial charge in [-0.1, -0.05) is 29.8 Å². The second kappa shape index (κ2) is 11.4. The third-order valence-electron chi connectivity index (χ3n) is 5.46. The second-order valence-electron chi connectivity index (χ2n) is 8.66. The zero-order chi connectivity index (χ0) is 26.7. The van der Waals surface area contributed by atoms with Crippen molar-refractivity contribution >= 4 is 36.4 Å². The number of rotatable bonds is 10. The molecule has 1 aliphatic heterocycles. The number of carbonyl (C=O) groups excluding carboxylic acids is 1. The number of para-hydroxylation sites is 1. The summed E-state index contributed by atoms with van der Waals surface area (Å²) in [6.45, 7) is 4.28. The highest BCUT2D eigenvalue weighted by Crippen LogP contribution is 2.46. The van der Waals surface area contributed by atoms with Crippen molar-refractivity contribution in [3.05, 3.63) is 54.1 Å². The molecule has 0 spiro atoms. The molecule has 3 heterocycles. The van der Waals surface area contributed by atoms with Crippen LogP contribution < -0.4 is 9.61 Å². The van der Waals surface area contributed by atoms with Gasteiger partial charge in [0.2, 0.25) is 0 Å². The van der Waals surface area contributed by atoms with Crippen LogP contribution in [0.1, 0.15) is 27.0 Å². The average Bonchev–Trinajstić information content (AvgIpc) is 3.40. The van der Waals surface area contributed by atoms with Crippen molar-refractivity contribution in [1.82, 2.24) is 19.6 Å². The van der Waals surface area contributed by atoms with Crippen LogP contribution in [0.25, 0.3) is 11.0 Å². The van der Waals surface area contributed by atoms with Gasteiger partial charge in [0.05, 0.1) is 18.1 Å². The Morgan fingerprint density at radius 2 is 2.00 bits per heavy atom. The normalized spacial score (nSPS) is 24.2. The standard InChI is InChI=1S/C23H27ClFN4O7P/c1-13(2)34-23(31)14(3)28-37(32,36-15-7-5-4-6-8-15)33-11-17-19(30)18(25)22(35-17)29-10-9-16-20(24)26-12-27-21(16)29/h4-10,12-14,17-19,22,30H,11H2,1-3H3,(H,28,32). The summed E-state index contributed by atoms with van der Waals surface area (Å²) in [6.07, 6.45) is -3.59. The zero-order valence-corrected chi connectivity index (χ0v) is 21.9. The van der Waals surface area contributed by atoms with Gasteiger partial charge < -0.3 is 23.7 Å². The van der Waals surface area contributed by atoms with Gasteiger partial charge in [0.25, 0.3) is 0 Å². The minimum atomic E-state index is -4.23. The van der Waals surface area contributed by atoms with Gasteiger partial charge in [0, 0.05) is 6.20 Å². The van der Waals surface area contributed by atoms with Crippen molar-refractivity contribution < 1.29 is 37.4 Å². The molecule has 0 radical (unpaired) electrons. The second-order valence-corrected chi connectivity index (χ2v) is 10.7. The van der Waals surface area contributed by atoms with Crippen LogP contribution in [0.4, 0.5) is 4.39 Å².